The smallest absolute Gasteiger partial charge is 0.287 e. The molecule has 0 bridgehead atoms. The Morgan fingerprint density at radius 3 is 2.74 bits per heavy atom. The summed E-state index contributed by atoms with van der Waals surface area (Å²) in [5.74, 6) is -0.341. The molecular formula is C12H15N3O4. The first-order valence-corrected chi connectivity index (χ1v) is 6.34. The highest BCUT2D eigenvalue weighted by Crippen LogP contribution is 2.39. The highest BCUT2D eigenvalue weighted by atomic mass is 16.6. The second-order valence-corrected chi connectivity index (χ2v) is 5.37. The van der Waals surface area contributed by atoms with Gasteiger partial charge in [-0.15, -0.1) is 0 Å². The summed E-state index contributed by atoms with van der Waals surface area (Å²) in [5.41, 5.74) is -0.260. The molecule has 1 heterocycles. The highest BCUT2D eigenvalue weighted by Gasteiger charge is 2.44. The number of hydrogen-bond donors (Lipinski definition) is 2. The molecule has 2 fully saturated rings. The summed E-state index contributed by atoms with van der Waals surface area (Å²) in [6.45, 7) is -0.0923. The molecule has 3 rings (SSSR count). The molecule has 0 aromatic carbocycles. The third-order valence-corrected chi connectivity index (χ3v) is 3.75. The zero-order valence-corrected chi connectivity index (χ0v) is 10.3. The van der Waals surface area contributed by atoms with E-state index in [4.69, 9.17) is 0 Å². The van der Waals surface area contributed by atoms with Crippen LogP contribution in [-0.2, 0) is 0 Å². The van der Waals surface area contributed by atoms with E-state index in [-0.39, 0.29) is 24.2 Å². The van der Waals surface area contributed by atoms with Gasteiger partial charge >= 0.3 is 0 Å². The van der Waals surface area contributed by atoms with Crippen molar-refractivity contribution in [1.82, 2.24) is 9.88 Å². The molecular weight excluding hydrogens is 250 g/mol. The first-order valence-electron chi connectivity index (χ1n) is 6.34. The van der Waals surface area contributed by atoms with E-state index < -0.39 is 10.5 Å². The van der Waals surface area contributed by atoms with Gasteiger partial charge in [0.1, 0.15) is 5.69 Å². The summed E-state index contributed by atoms with van der Waals surface area (Å²) in [4.78, 5) is 22.5. The number of aromatic nitrogens is 1. The van der Waals surface area contributed by atoms with Crippen LogP contribution in [0.4, 0.5) is 5.69 Å². The molecule has 2 aliphatic rings. The van der Waals surface area contributed by atoms with Crippen LogP contribution in [0.25, 0.3) is 0 Å². The van der Waals surface area contributed by atoms with E-state index in [0.29, 0.717) is 5.69 Å². The van der Waals surface area contributed by atoms with Crippen LogP contribution in [0, 0.1) is 10.1 Å². The SMILES string of the molecule is O=C(NC1(CO)CC1)c1cc([N+](=O)[O-])cn1C1CC1. The van der Waals surface area contributed by atoms with Crippen molar-refractivity contribution in [3.63, 3.8) is 0 Å². The van der Waals surface area contributed by atoms with Gasteiger partial charge in [-0.1, -0.05) is 0 Å². The first kappa shape index (κ1) is 12.2. The molecule has 0 aliphatic heterocycles. The maximum atomic E-state index is 12.2. The van der Waals surface area contributed by atoms with Gasteiger partial charge in [-0.25, -0.2) is 0 Å². The summed E-state index contributed by atoms with van der Waals surface area (Å²) in [7, 11) is 0. The lowest BCUT2D eigenvalue weighted by Gasteiger charge is -2.15. The van der Waals surface area contributed by atoms with Gasteiger partial charge in [-0.3, -0.25) is 14.9 Å². The van der Waals surface area contributed by atoms with Crippen LogP contribution in [0.3, 0.4) is 0 Å². The Morgan fingerprint density at radius 2 is 2.26 bits per heavy atom. The maximum absolute atomic E-state index is 12.2. The second-order valence-electron chi connectivity index (χ2n) is 5.37. The second kappa shape index (κ2) is 4.06. The number of hydrogen-bond acceptors (Lipinski definition) is 4. The van der Waals surface area contributed by atoms with E-state index in [1.165, 1.54) is 12.3 Å². The van der Waals surface area contributed by atoms with Gasteiger partial charge in [0, 0.05) is 12.1 Å². The van der Waals surface area contributed by atoms with E-state index in [2.05, 4.69) is 5.32 Å². The van der Waals surface area contributed by atoms with E-state index in [0.717, 1.165) is 25.7 Å². The molecule has 2 N–H and O–H groups in total. The Bertz CT molecular complexity index is 543. The topological polar surface area (TPSA) is 97.4 Å². The minimum Gasteiger partial charge on any atom is -0.394 e. The standard InChI is InChI=1S/C12H15N3O4/c16-7-12(3-4-12)13-11(17)10-5-9(15(18)19)6-14(10)8-1-2-8/h5-6,8,16H,1-4,7H2,(H,13,17). The van der Waals surface area contributed by atoms with E-state index in [1.807, 2.05) is 0 Å². The third-order valence-electron chi connectivity index (χ3n) is 3.75. The Hall–Kier alpha value is -1.89. The van der Waals surface area contributed by atoms with Crippen molar-refractivity contribution in [3.8, 4) is 0 Å². The van der Waals surface area contributed by atoms with Crippen LogP contribution in [0.5, 0.6) is 0 Å². The number of nitrogens with zero attached hydrogens (tertiary/aromatic N) is 2. The fraction of sp³-hybridized carbons (Fsp3) is 0.583. The monoisotopic (exact) mass is 265 g/mol. The summed E-state index contributed by atoms with van der Waals surface area (Å²) >= 11 is 0. The van der Waals surface area contributed by atoms with Crippen molar-refractivity contribution in [2.24, 2.45) is 0 Å². The average Bonchev–Trinajstić information content (AvgIpc) is 3.29. The van der Waals surface area contributed by atoms with Gasteiger partial charge in [0.15, 0.2) is 0 Å². The lowest BCUT2D eigenvalue weighted by atomic mass is 10.2. The summed E-state index contributed by atoms with van der Waals surface area (Å²) < 4.78 is 1.68. The number of aliphatic hydroxyl groups is 1. The Kier molecular flexibility index (Phi) is 2.60. The number of nitrogens with one attached hydrogen (secondary N) is 1. The fourth-order valence-corrected chi connectivity index (χ4v) is 2.18. The number of aliphatic hydroxyl groups excluding tert-OH is 1. The van der Waals surface area contributed by atoms with E-state index in [9.17, 15) is 20.0 Å². The number of carbonyl (C=O) groups is 1. The molecule has 7 nitrogen and oxygen atoms in total. The maximum Gasteiger partial charge on any atom is 0.287 e. The predicted octanol–water partition coefficient (Wildman–Crippen LogP) is 0.986. The predicted molar refractivity (Wildman–Crippen MR) is 65.9 cm³/mol. The summed E-state index contributed by atoms with van der Waals surface area (Å²) in [5, 5.41) is 22.8. The number of carbonyl (C=O) groups excluding carboxylic acids is 1. The van der Waals surface area contributed by atoms with Crippen LogP contribution < -0.4 is 5.32 Å². The molecule has 2 aliphatic carbocycles. The van der Waals surface area contributed by atoms with Gasteiger partial charge in [0.25, 0.3) is 11.6 Å². The number of amides is 1. The molecule has 0 atom stereocenters. The van der Waals surface area contributed by atoms with Gasteiger partial charge in [0.2, 0.25) is 0 Å². The fourth-order valence-electron chi connectivity index (χ4n) is 2.18. The van der Waals surface area contributed by atoms with Crippen molar-refractivity contribution < 1.29 is 14.8 Å². The molecule has 2 saturated carbocycles. The summed E-state index contributed by atoms with van der Waals surface area (Å²) in [6.07, 6.45) is 4.81. The normalized spacial score (nSPS) is 20.1. The molecule has 0 radical (unpaired) electrons. The third kappa shape index (κ3) is 2.21. The molecule has 0 unspecified atom stereocenters. The van der Waals surface area contributed by atoms with E-state index >= 15 is 0 Å². The molecule has 7 heteroatoms. The zero-order valence-electron chi connectivity index (χ0n) is 10.3. The van der Waals surface area contributed by atoms with Gasteiger partial charge in [0.05, 0.1) is 23.3 Å². The molecule has 102 valence electrons. The van der Waals surface area contributed by atoms with Gasteiger partial charge in [-0.05, 0) is 25.7 Å². The van der Waals surface area contributed by atoms with Crippen molar-refractivity contribution >= 4 is 11.6 Å². The molecule has 1 aromatic rings. The van der Waals surface area contributed by atoms with E-state index in [1.54, 1.807) is 4.57 Å². The number of nitro groups is 1. The van der Waals surface area contributed by atoms with Gasteiger partial charge < -0.3 is 15.0 Å². The lowest BCUT2D eigenvalue weighted by molar-refractivity contribution is -0.384. The van der Waals surface area contributed by atoms with Crippen LogP contribution in [0.15, 0.2) is 12.3 Å². The summed E-state index contributed by atoms with van der Waals surface area (Å²) in [6, 6.07) is 1.50. The minimum absolute atomic E-state index is 0.0640. The largest absolute Gasteiger partial charge is 0.394 e. The minimum atomic E-state index is -0.509. The van der Waals surface area contributed by atoms with Gasteiger partial charge in [-0.2, -0.15) is 0 Å². The number of rotatable bonds is 5. The zero-order chi connectivity index (χ0) is 13.6. The Morgan fingerprint density at radius 1 is 1.58 bits per heavy atom. The molecule has 1 amide bonds. The quantitative estimate of drug-likeness (QED) is 0.612. The van der Waals surface area contributed by atoms with Crippen LogP contribution in [0.1, 0.15) is 42.2 Å². The van der Waals surface area contributed by atoms with Crippen LogP contribution in [-0.4, -0.2) is 32.6 Å². The molecule has 19 heavy (non-hydrogen) atoms. The van der Waals surface area contributed by atoms with Crippen molar-refractivity contribution in [2.45, 2.75) is 37.3 Å². The van der Waals surface area contributed by atoms with Crippen molar-refractivity contribution in [3.05, 3.63) is 28.1 Å². The van der Waals surface area contributed by atoms with Crippen LogP contribution in [0.2, 0.25) is 0 Å². The average molecular weight is 265 g/mol. The first-order chi connectivity index (χ1) is 9.04. The molecule has 0 saturated heterocycles. The van der Waals surface area contributed by atoms with Crippen LogP contribution >= 0.6 is 0 Å². The van der Waals surface area contributed by atoms with Crippen molar-refractivity contribution in [1.29, 1.82) is 0 Å². The molecule has 1 aromatic heterocycles. The highest BCUT2D eigenvalue weighted by molar-refractivity contribution is 5.94. The Balaban J connectivity index is 1.86. The lowest BCUT2D eigenvalue weighted by Crippen LogP contribution is -2.40. The van der Waals surface area contributed by atoms with Crippen molar-refractivity contribution in [2.75, 3.05) is 6.61 Å². The molecule has 0 spiro atoms. The Labute approximate surface area is 109 Å².